The van der Waals surface area contributed by atoms with Crippen LogP contribution in [0.15, 0.2) is 42.5 Å². The van der Waals surface area contributed by atoms with Crippen molar-refractivity contribution in [2.45, 2.75) is 105 Å². The standard InChI is InChI=1S/C16H22O4.C16H26O/c1-3-5-11-19-15(17)13-9-7-8-10-14(13)16(18)20-12-6-4-2;1-7-15(3,4)12-9-10-14(17)13(11-12)16(5,6)8-2/h7-10H,3-6,11-12H2,1-2H3;9-11,17H,7-8H2,1-6H3. The van der Waals surface area contributed by atoms with Crippen molar-refractivity contribution in [3.05, 3.63) is 64.7 Å². The Labute approximate surface area is 224 Å². The van der Waals surface area contributed by atoms with E-state index >= 15 is 0 Å². The lowest BCUT2D eigenvalue weighted by Gasteiger charge is -2.29. The second-order valence-corrected chi connectivity index (χ2v) is 10.7. The first-order valence-electron chi connectivity index (χ1n) is 13.7. The van der Waals surface area contributed by atoms with Crippen LogP contribution in [0.1, 0.15) is 126 Å². The summed E-state index contributed by atoms with van der Waals surface area (Å²) in [5.74, 6) is -0.518. The molecule has 0 fully saturated rings. The molecule has 0 amide bonds. The van der Waals surface area contributed by atoms with Gasteiger partial charge in [-0.05, 0) is 65.8 Å². The Hall–Kier alpha value is -2.82. The number of ether oxygens (including phenoxy) is 2. The summed E-state index contributed by atoms with van der Waals surface area (Å²) in [5.41, 5.74) is 3.12. The fourth-order valence-corrected chi connectivity index (χ4v) is 3.51. The summed E-state index contributed by atoms with van der Waals surface area (Å²) < 4.78 is 10.3. The quantitative estimate of drug-likeness (QED) is 0.228. The first-order valence-corrected chi connectivity index (χ1v) is 13.7. The summed E-state index contributed by atoms with van der Waals surface area (Å²) in [4.78, 5) is 23.9. The lowest BCUT2D eigenvalue weighted by molar-refractivity contribution is 0.0452. The molecule has 0 saturated heterocycles. The Bertz CT molecular complexity index is 949. The largest absolute Gasteiger partial charge is 0.508 e. The second kappa shape index (κ2) is 15.4. The Balaban J connectivity index is 0.000000375. The maximum absolute atomic E-state index is 11.9. The molecule has 2 aromatic carbocycles. The van der Waals surface area contributed by atoms with Crippen LogP contribution in [-0.2, 0) is 20.3 Å². The number of phenols is 1. The summed E-state index contributed by atoms with van der Waals surface area (Å²) in [5, 5.41) is 10.0. The molecule has 5 heteroatoms. The van der Waals surface area contributed by atoms with Gasteiger partial charge in [-0.3, -0.25) is 0 Å². The molecule has 0 heterocycles. The van der Waals surface area contributed by atoms with Crippen LogP contribution in [0.5, 0.6) is 5.75 Å². The third-order valence-electron chi connectivity index (χ3n) is 7.10. The normalized spacial score (nSPS) is 11.4. The highest BCUT2D eigenvalue weighted by molar-refractivity contribution is 6.03. The van der Waals surface area contributed by atoms with Gasteiger partial charge >= 0.3 is 11.9 Å². The predicted molar refractivity (Wildman–Crippen MR) is 152 cm³/mol. The molecular formula is C32H48O5. The van der Waals surface area contributed by atoms with Crippen LogP contribution in [0.3, 0.4) is 0 Å². The highest BCUT2D eigenvalue weighted by atomic mass is 16.5. The van der Waals surface area contributed by atoms with Gasteiger partial charge in [0, 0.05) is 0 Å². The zero-order chi connectivity index (χ0) is 28.1. The first kappa shape index (κ1) is 32.2. The second-order valence-electron chi connectivity index (χ2n) is 10.7. The molecule has 5 nitrogen and oxygen atoms in total. The molecule has 0 bridgehead atoms. The van der Waals surface area contributed by atoms with E-state index < -0.39 is 11.9 Å². The van der Waals surface area contributed by atoms with Crippen LogP contribution in [0.2, 0.25) is 0 Å². The number of benzene rings is 2. The molecule has 0 saturated carbocycles. The van der Waals surface area contributed by atoms with Gasteiger partial charge in [0.1, 0.15) is 5.75 Å². The van der Waals surface area contributed by atoms with Crippen molar-refractivity contribution in [1.82, 2.24) is 0 Å². The third-order valence-corrected chi connectivity index (χ3v) is 7.10. The summed E-state index contributed by atoms with van der Waals surface area (Å²) in [6, 6.07) is 12.7. The maximum atomic E-state index is 11.9. The zero-order valence-corrected chi connectivity index (χ0v) is 24.3. The van der Waals surface area contributed by atoms with Gasteiger partial charge < -0.3 is 14.6 Å². The van der Waals surface area contributed by atoms with Crippen molar-refractivity contribution in [1.29, 1.82) is 0 Å². The molecule has 0 atom stereocenters. The lowest BCUT2D eigenvalue weighted by atomic mass is 9.76. The molecule has 1 N–H and O–H groups in total. The van der Waals surface area contributed by atoms with Gasteiger partial charge in [0.2, 0.25) is 0 Å². The average molecular weight is 513 g/mol. The monoisotopic (exact) mass is 512 g/mol. The summed E-state index contributed by atoms with van der Waals surface area (Å²) in [7, 11) is 0. The third kappa shape index (κ3) is 9.87. The number of unbranched alkanes of at least 4 members (excludes halogenated alkanes) is 2. The number of esters is 2. The molecular weight excluding hydrogens is 464 g/mol. The highest BCUT2D eigenvalue weighted by Crippen LogP contribution is 2.37. The van der Waals surface area contributed by atoms with Crippen LogP contribution < -0.4 is 0 Å². The molecule has 37 heavy (non-hydrogen) atoms. The molecule has 0 unspecified atom stereocenters. The van der Waals surface area contributed by atoms with Gasteiger partial charge in [0.05, 0.1) is 24.3 Å². The van der Waals surface area contributed by atoms with Crippen molar-refractivity contribution in [3.8, 4) is 5.75 Å². The number of aromatic hydroxyl groups is 1. The Morgan fingerprint density at radius 1 is 0.730 bits per heavy atom. The number of phenolic OH excluding ortho intramolecular Hbond substituents is 1. The van der Waals surface area contributed by atoms with Gasteiger partial charge in [-0.25, -0.2) is 9.59 Å². The molecule has 206 valence electrons. The fraction of sp³-hybridized carbons (Fsp3) is 0.562. The minimum absolute atomic E-state index is 0.0317. The smallest absolute Gasteiger partial charge is 0.339 e. The SMILES string of the molecule is CCC(C)(C)c1ccc(O)c(C(C)(C)CC)c1.CCCCOC(=O)c1ccccc1C(=O)OCCCC. The Morgan fingerprint density at radius 2 is 1.19 bits per heavy atom. The van der Waals surface area contributed by atoms with Crippen LogP contribution in [0.4, 0.5) is 0 Å². The van der Waals surface area contributed by atoms with Crippen molar-refractivity contribution in [2.24, 2.45) is 0 Å². The van der Waals surface area contributed by atoms with Crippen LogP contribution in [0, 0.1) is 0 Å². The van der Waals surface area contributed by atoms with Crippen LogP contribution >= 0.6 is 0 Å². The Morgan fingerprint density at radius 3 is 1.59 bits per heavy atom. The van der Waals surface area contributed by atoms with E-state index in [-0.39, 0.29) is 22.0 Å². The predicted octanol–water partition coefficient (Wildman–Crippen LogP) is 8.37. The van der Waals surface area contributed by atoms with Crippen LogP contribution in [0.25, 0.3) is 0 Å². The van der Waals surface area contributed by atoms with E-state index in [0.717, 1.165) is 44.1 Å². The van der Waals surface area contributed by atoms with Gasteiger partial charge in [-0.1, -0.05) is 92.5 Å². The number of hydrogen-bond acceptors (Lipinski definition) is 5. The van der Waals surface area contributed by atoms with Gasteiger partial charge in [0.15, 0.2) is 0 Å². The first-order chi connectivity index (χ1) is 17.4. The summed E-state index contributed by atoms with van der Waals surface area (Å²) >= 11 is 0. The maximum Gasteiger partial charge on any atom is 0.339 e. The highest BCUT2D eigenvalue weighted by Gasteiger charge is 2.25. The van der Waals surface area contributed by atoms with E-state index in [1.807, 2.05) is 26.0 Å². The van der Waals surface area contributed by atoms with E-state index in [1.165, 1.54) is 5.56 Å². The number of rotatable bonds is 12. The lowest BCUT2D eigenvalue weighted by Crippen LogP contribution is -2.20. The molecule has 0 spiro atoms. The average Bonchev–Trinajstić information content (AvgIpc) is 2.89. The van der Waals surface area contributed by atoms with Crippen LogP contribution in [-0.4, -0.2) is 30.3 Å². The number of hydrogen-bond donors (Lipinski definition) is 1. The van der Waals surface area contributed by atoms with E-state index in [2.05, 4.69) is 47.6 Å². The van der Waals surface area contributed by atoms with Gasteiger partial charge in [-0.2, -0.15) is 0 Å². The molecule has 0 radical (unpaired) electrons. The molecule has 0 aliphatic heterocycles. The fourth-order valence-electron chi connectivity index (χ4n) is 3.51. The van der Waals surface area contributed by atoms with E-state index in [4.69, 9.17) is 9.47 Å². The van der Waals surface area contributed by atoms with Gasteiger partial charge in [-0.15, -0.1) is 0 Å². The zero-order valence-electron chi connectivity index (χ0n) is 24.3. The van der Waals surface area contributed by atoms with Crippen molar-refractivity contribution in [3.63, 3.8) is 0 Å². The van der Waals surface area contributed by atoms with E-state index in [0.29, 0.717) is 19.0 Å². The van der Waals surface area contributed by atoms with Gasteiger partial charge in [0.25, 0.3) is 0 Å². The molecule has 2 rings (SSSR count). The Kier molecular flexibility index (Phi) is 13.4. The molecule has 0 aliphatic carbocycles. The topological polar surface area (TPSA) is 72.8 Å². The van der Waals surface area contributed by atoms with E-state index in [1.54, 1.807) is 24.3 Å². The van der Waals surface area contributed by atoms with Crippen molar-refractivity contribution >= 4 is 11.9 Å². The summed E-state index contributed by atoms with van der Waals surface area (Å²) in [6.45, 7) is 18.0. The summed E-state index contributed by atoms with van der Waals surface area (Å²) in [6.07, 6.45) is 5.66. The van der Waals surface area contributed by atoms with Crippen molar-refractivity contribution in [2.75, 3.05) is 13.2 Å². The number of carbonyl (C=O) groups is 2. The minimum atomic E-state index is -0.471. The number of carbonyl (C=O) groups excluding carboxylic acids is 2. The van der Waals surface area contributed by atoms with E-state index in [9.17, 15) is 14.7 Å². The molecule has 2 aromatic rings. The molecule has 0 aliphatic rings. The minimum Gasteiger partial charge on any atom is -0.508 e. The molecule has 0 aromatic heterocycles. The van der Waals surface area contributed by atoms with Crippen molar-refractivity contribution < 1.29 is 24.2 Å².